The van der Waals surface area contributed by atoms with Crippen molar-refractivity contribution in [2.75, 3.05) is 30.8 Å². The molecule has 2 aromatic rings. The van der Waals surface area contributed by atoms with E-state index in [0.29, 0.717) is 38.0 Å². The second-order valence-electron chi connectivity index (χ2n) is 5.81. The summed E-state index contributed by atoms with van der Waals surface area (Å²) in [5, 5.41) is 6.91. The molecular weight excluding hydrogens is 432 g/mol. The molecule has 2 rings (SSSR count). The second kappa shape index (κ2) is 10.2. The number of carbonyl (C=O) groups excluding carboxylic acids is 2. The normalized spacial score (nSPS) is 10.7. The summed E-state index contributed by atoms with van der Waals surface area (Å²) in [6, 6.07) is 9.81. The number of carbonyl (C=O) groups is 2. The van der Waals surface area contributed by atoms with Crippen molar-refractivity contribution in [1.29, 1.82) is 0 Å². The first kappa shape index (κ1) is 21.8. The molecule has 0 spiro atoms. The van der Waals surface area contributed by atoms with Crippen molar-refractivity contribution in [3.05, 3.63) is 56.5 Å². The Morgan fingerprint density at radius 3 is 2.19 bits per heavy atom. The number of anilines is 2. The molecule has 2 aromatic carbocycles. The molecule has 0 atom stereocenters. The zero-order valence-electron chi connectivity index (χ0n) is 14.4. The summed E-state index contributed by atoms with van der Waals surface area (Å²) in [4.78, 5) is 25.9. The van der Waals surface area contributed by atoms with E-state index >= 15 is 0 Å². The lowest BCUT2D eigenvalue weighted by Crippen LogP contribution is -2.32. The highest BCUT2D eigenvalue weighted by Crippen LogP contribution is 2.29. The predicted octanol–water partition coefficient (Wildman–Crippen LogP) is 5.20. The molecule has 9 heteroatoms. The van der Waals surface area contributed by atoms with Crippen LogP contribution in [0.2, 0.25) is 20.1 Å². The van der Waals surface area contributed by atoms with E-state index in [1.54, 1.807) is 48.3 Å². The van der Waals surface area contributed by atoms with Crippen LogP contribution in [-0.4, -0.2) is 36.9 Å². The van der Waals surface area contributed by atoms with Crippen molar-refractivity contribution >= 4 is 69.6 Å². The van der Waals surface area contributed by atoms with Gasteiger partial charge in [0.2, 0.25) is 11.8 Å². The monoisotopic (exact) mass is 447 g/mol. The molecule has 0 saturated heterocycles. The average molecular weight is 449 g/mol. The number of halogens is 4. The van der Waals surface area contributed by atoms with Gasteiger partial charge in [-0.2, -0.15) is 0 Å². The lowest BCUT2D eigenvalue weighted by Gasteiger charge is -2.16. The van der Waals surface area contributed by atoms with Gasteiger partial charge in [0.25, 0.3) is 0 Å². The van der Waals surface area contributed by atoms with E-state index < -0.39 is 0 Å². The number of hydrogen-bond donors (Lipinski definition) is 2. The summed E-state index contributed by atoms with van der Waals surface area (Å²) in [6.07, 6.45) is 0.179. The number of likely N-dealkylation sites (N-methyl/N-ethyl adjacent to an activating group) is 1. The fraction of sp³-hybridized carbons (Fsp3) is 0.222. The molecule has 0 saturated carbocycles. The molecule has 5 nitrogen and oxygen atoms in total. The van der Waals surface area contributed by atoms with E-state index in [1.165, 1.54) is 0 Å². The number of para-hydroxylation sites is 1. The van der Waals surface area contributed by atoms with Crippen molar-refractivity contribution in [3.63, 3.8) is 0 Å². The Bertz CT molecular complexity index is 825. The Morgan fingerprint density at radius 2 is 1.56 bits per heavy atom. The summed E-state index contributed by atoms with van der Waals surface area (Å²) >= 11 is 23.8. The first-order chi connectivity index (χ1) is 12.8. The summed E-state index contributed by atoms with van der Waals surface area (Å²) in [7, 11) is 1.74. The first-order valence-electron chi connectivity index (χ1n) is 7.93. The largest absolute Gasteiger partial charge is 0.325 e. The maximum absolute atomic E-state index is 12.1. The zero-order valence-corrected chi connectivity index (χ0v) is 17.4. The zero-order chi connectivity index (χ0) is 20.0. The molecule has 0 aromatic heterocycles. The number of benzene rings is 2. The van der Waals surface area contributed by atoms with Crippen molar-refractivity contribution in [1.82, 2.24) is 4.90 Å². The molecule has 0 bridgehead atoms. The Hall–Kier alpha value is -1.50. The molecule has 0 aliphatic carbocycles. The van der Waals surface area contributed by atoms with Crippen LogP contribution in [0.15, 0.2) is 36.4 Å². The Kier molecular flexibility index (Phi) is 8.20. The van der Waals surface area contributed by atoms with Gasteiger partial charge in [-0.15, -0.1) is 0 Å². The highest BCUT2D eigenvalue weighted by atomic mass is 35.5. The van der Waals surface area contributed by atoms with Gasteiger partial charge >= 0.3 is 0 Å². The Labute approximate surface area is 177 Å². The summed E-state index contributed by atoms with van der Waals surface area (Å²) < 4.78 is 0. The van der Waals surface area contributed by atoms with E-state index in [1.807, 2.05) is 0 Å². The standard InChI is InChI=1S/C18H17Cl4N3O2/c1-25(10-17(27)23-11-5-6-12(19)15(22)9-11)8-7-16(26)24-18-13(20)3-2-4-14(18)21/h2-6,9H,7-8,10H2,1H3,(H,23,27)(H,24,26). The third-order valence-electron chi connectivity index (χ3n) is 3.56. The van der Waals surface area contributed by atoms with Crippen molar-refractivity contribution < 1.29 is 9.59 Å². The molecule has 144 valence electrons. The van der Waals surface area contributed by atoms with Crippen molar-refractivity contribution in [3.8, 4) is 0 Å². The Balaban J connectivity index is 1.79. The van der Waals surface area contributed by atoms with E-state index in [2.05, 4.69) is 10.6 Å². The lowest BCUT2D eigenvalue weighted by atomic mass is 10.3. The fourth-order valence-electron chi connectivity index (χ4n) is 2.21. The number of hydrogen-bond acceptors (Lipinski definition) is 3. The van der Waals surface area contributed by atoms with Gasteiger partial charge in [-0.1, -0.05) is 52.5 Å². The van der Waals surface area contributed by atoms with Crippen LogP contribution in [0, 0.1) is 0 Å². The van der Waals surface area contributed by atoms with Gasteiger partial charge in [0.05, 0.1) is 32.3 Å². The van der Waals surface area contributed by atoms with Crippen LogP contribution in [0.25, 0.3) is 0 Å². The number of nitrogens with zero attached hydrogens (tertiary/aromatic N) is 1. The first-order valence-corrected chi connectivity index (χ1v) is 9.44. The van der Waals surface area contributed by atoms with Gasteiger partial charge in [0.1, 0.15) is 0 Å². The van der Waals surface area contributed by atoms with E-state index in [4.69, 9.17) is 46.4 Å². The maximum atomic E-state index is 12.1. The second-order valence-corrected chi connectivity index (χ2v) is 7.44. The topological polar surface area (TPSA) is 61.4 Å². The van der Waals surface area contributed by atoms with Gasteiger partial charge in [-0.25, -0.2) is 0 Å². The van der Waals surface area contributed by atoms with Gasteiger partial charge in [-0.3, -0.25) is 14.5 Å². The third kappa shape index (κ3) is 6.87. The predicted molar refractivity (Wildman–Crippen MR) is 112 cm³/mol. The van der Waals surface area contributed by atoms with Gasteiger partial charge < -0.3 is 10.6 Å². The van der Waals surface area contributed by atoms with Crippen LogP contribution in [0.3, 0.4) is 0 Å². The fourth-order valence-corrected chi connectivity index (χ4v) is 3.00. The minimum atomic E-state index is -0.248. The lowest BCUT2D eigenvalue weighted by molar-refractivity contribution is -0.119. The maximum Gasteiger partial charge on any atom is 0.238 e. The van der Waals surface area contributed by atoms with Gasteiger partial charge in [-0.05, 0) is 37.4 Å². The molecule has 0 fully saturated rings. The third-order valence-corrected chi connectivity index (χ3v) is 4.93. The molecule has 27 heavy (non-hydrogen) atoms. The van der Waals surface area contributed by atoms with Crippen LogP contribution in [0.1, 0.15) is 6.42 Å². The molecule has 2 N–H and O–H groups in total. The van der Waals surface area contributed by atoms with Crippen LogP contribution >= 0.6 is 46.4 Å². The molecule has 0 unspecified atom stereocenters. The van der Waals surface area contributed by atoms with E-state index in [9.17, 15) is 9.59 Å². The summed E-state index contributed by atoms with van der Waals surface area (Å²) in [5.41, 5.74) is 0.930. The van der Waals surface area contributed by atoms with E-state index in [0.717, 1.165) is 0 Å². The number of amides is 2. The van der Waals surface area contributed by atoms with Crippen molar-refractivity contribution in [2.45, 2.75) is 6.42 Å². The van der Waals surface area contributed by atoms with Crippen LogP contribution in [0.5, 0.6) is 0 Å². The van der Waals surface area contributed by atoms with Crippen molar-refractivity contribution in [2.24, 2.45) is 0 Å². The smallest absolute Gasteiger partial charge is 0.238 e. The quantitative estimate of drug-likeness (QED) is 0.611. The molecule has 0 aliphatic heterocycles. The summed E-state index contributed by atoms with van der Waals surface area (Å²) in [6.45, 7) is 0.489. The van der Waals surface area contributed by atoms with E-state index in [-0.39, 0.29) is 24.8 Å². The highest BCUT2D eigenvalue weighted by molar-refractivity contribution is 6.42. The van der Waals surface area contributed by atoms with Crippen LogP contribution in [0.4, 0.5) is 11.4 Å². The van der Waals surface area contributed by atoms with Gasteiger partial charge in [0.15, 0.2) is 0 Å². The van der Waals surface area contributed by atoms with Gasteiger partial charge in [0, 0.05) is 18.7 Å². The minimum absolute atomic E-state index is 0.111. The molecule has 0 aliphatic rings. The molecule has 0 heterocycles. The SMILES string of the molecule is CN(CCC(=O)Nc1c(Cl)cccc1Cl)CC(=O)Nc1ccc(Cl)c(Cl)c1. The molecular formula is C18H17Cl4N3O2. The number of rotatable bonds is 7. The molecule has 0 radical (unpaired) electrons. The molecule has 2 amide bonds. The minimum Gasteiger partial charge on any atom is -0.325 e. The van der Waals surface area contributed by atoms with Crippen LogP contribution in [-0.2, 0) is 9.59 Å². The highest BCUT2D eigenvalue weighted by Gasteiger charge is 2.12. The van der Waals surface area contributed by atoms with Crippen LogP contribution < -0.4 is 10.6 Å². The summed E-state index contributed by atoms with van der Waals surface area (Å²) in [5.74, 6) is -0.479. The average Bonchev–Trinajstić information content (AvgIpc) is 2.59. The Morgan fingerprint density at radius 1 is 0.889 bits per heavy atom. The number of nitrogens with one attached hydrogen (secondary N) is 2.